The third kappa shape index (κ3) is 3.54. The molecule has 2 nitrogen and oxygen atoms in total. The number of hydrogen-bond donors (Lipinski definition) is 2. The molecule has 0 aliphatic rings. The highest BCUT2D eigenvalue weighted by Crippen LogP contribution is 2.14. The van der Waals surface area contributed by atoms with Gasteiger partial charge in [0.25, 0.3) is 0 Å². The molecule has 0 radical (unpaired) electrons. The number of aliphatic hydroxyl groups is 2. The van der Waals surface area contributed by atoms with Crippen LogP contribution in [0.3, 0.4) is 0 Å². The minimum atomic E-state index is -0.643. The molecule has 2 N–H and O–H groups in total. The summed E-state index contributed by atoms with van der Waals surface area (Å²) in [7, 11) is 0. The SMILES string of the molecule is CCC[C@H](Br)[C@H](O)[C@H](C)O. The first-order chi connectivity index (χ1) is 4.59. The minimum Gasteiger partial charge on any atom is -0.391 e. The Morgan fingerprint density at radius 2 is 1.90 bits per heavy atom. The molecular formula is C7H15BrO2. The van der Waals surface area contributed by atoms with Crippen molar-refractivity contribution in [3.8, 4) is 0 Å². The first-order valence-electron chi connectivity index (χ1n) is 3.59. The zero-order chi connectivity index (χ0) is 8.15. The molecule has 0 unspecified atom stereocenters. The number of halogens is 1. The summed E-state index contributed by atoms with van der Waals surface area (Å²) in [5, 5.41) is 18.2. The van der Waals surface area contributed by atoms with Gasteiger partial charge in [-0.05, 0) is 13.3 Å². The van der Waals surface area contributed by atoms with Crippen molar-refractivity contribution in [2.45, 2.75) is 43.7 Å². The summed E-state index contributed by atoms with van der Waals surface area (Å²) in [4.78, 5) is 0.0255. The Bertz CT molecular complexity index is 85.7. The van der Waals surface area contributed by atoms with Gasteiger partial charge in [0.15, 0.2) is 0 Å². The maximum atomic E-state index is 9.23. The standard InChI is InChI=1S/C7H15BrO2/c1-3-4-6(8)7(10)5(2)9/h5-7,9-10H,3-4H2,1-2H3/t5-,6-,7+/m0/s1. The molecule has 0 aliphatic carbocycles. The number of rotatable bonds is 4. The average Bonchev–Trinajstić information content (AvgIpc) is 1.87. The van der Waals surface area contributed by atoms with Crippen LogP contribution in [-0.4, -0.2) is 27.2 Å². The lowest BCUT2D eigenvalue weighted by Crippen LogP contribution is -2.31. The zero-order valence-electron chi connectivity index (χ0n) is 6.42. The fourth-order valence-electron chi connectivity index (χ4n) is 0.749. The number of aliphatic hydroxyl groups excluding tert-OH is 2. The van der Waals surface area contributed by atoms with Gasteiger partial charge in [-0.2, -0.15) is 0 Å². The molecule has 0 spiro atoms. The van der Waals surface area contributed by atoms with Crippen molar-refractivity contribution < 1.29 is 10.2 Å². The second kappa shape index (κ2) is 5.10. The number of alkyl halides is 1. The van der Waals surface area contributed by atoms with E-state index >= 15 is 0 Å². The summed E-state index contributed by atoms with van der Waals surface area (Å²) in [5.41, 5.74) is 0. The Hall–Kier alpha value is 0.400. The second-order valence-corrected chi connectivity index (χ2v) is 3.71. The van der Waals surface area contributed by atoms with Gasteiger partial charge in [0.1, 0.15) is 0 Å². The third-order valence-corrected chi connectivity index (χ3v) is 2.43. The van der Waals surface area contributed by atoms with Gasteiger partial charge < -0.3 is 10.2 Å². The molecule has 0 rings (SSSR count). The first kappa shape index (κ1) is 10.4. The first-order valence-corrected chi connectivity index (χ1v) is 4.51. The number of hydrogen-bond acceptors (Lipinski definition) is 2. The van der Waals surface area contributed by atoms with E-state index in [9.17, 15) is 5.11 Å². The van der Waals surface area contributed by atoms with E-state index in [4.69, 9.17) is 5.11 Å². The molecule has 10 heavy (non-hydrogen) atoms. The molecular weight excluding hydrogens is 196 g/mol. The summed E-state index contributed by atoms with van der Waals surface area (Å²) in [6.07, 6.45) is 0.627. The molecule has 0 aromatic carbocycles. The molecule has 62 valence electrons. The molecule has 0 aliphatic heterocycles. The maximum Gasteiger partial charge on any atom is 0.0920 e. The quantitative estimate of drug-likeness (QED) is 0.688. The predicted molar refractivity (Wildman–Crippen MR) is 45.3 cm³/mol. The topological polar surface area (TPSA) is 40.5 Å². The molecule has 0 amide bonds. The van der Waals surface area contributed by atoms with E-state index in [-0.39, 0.29) is 4.83 Å². The van der Waals surface area contributed by atoms with Crippen LogP contribution in [0.15, 0.2) is 0 Å². The van der Waals surface area contributed by atoms with Gasteiger partial charge in [-0.15, -0.1) is 0 Å². The average molecular weight is 211 g/mol. The summed E-state index contributed by atoms with van der Waals surface area (Å²) < 4.78 is 0. The fraction of sp³-hybridized carbons (Fsp3) is 1.00. The molecule has 0 aromatic rings. The maximum absolute atomic E-state index is 9.23. The smallest absolute Gasteiger partial charge is 0.0920 e. The lowest BCUT2D eigenvalue weighted by Gasteiger charge is -2.18. The van der Waals surface area contributed by atoms with Gasteiger partial charge in [0.05, 0.1) is 12.2 Å². The highest BCUT2D eigenvalue weighted by Gasteiger charge is 2.19. The Kier molecular flexibility index (Phi) is 5.31. The van der Waals surface area contributed by atoms with Gasteiger partial charge in [-0.3, -0.25) is 0 Å². The summed E-state index contributed by atoms with van der Waals surface area (Å²) in [5.74, 6) is 0. The normalized spacial score (nSPS) is 20.1. The van der Waals surface area contributed by atoms with Gasteiger partial charge in [-0.1, -0.05) is 29.3 Å². The zero-order valence-corrected chi connectivity index (χ0v) is 8.00. The lowest BCUT2D eigenvalue weighted by molar-refractivity contribution is 0.0302. The monoisotopic (exact) mass is 210 g/mol. The van der Waals surface area contributed by atoms with E-state index < -0.39 is 12.2 Å². The van der Waals surface area contributed by atoms with E-state index in [1.54, 1.807) is 6.92 Å². The van der Waals surface area contributed by atoms with Crippen LogP contribution in [0.25, 0.3) is 0 Å². The second-order valence-electron chi connectivity index (χ2n) is 2.54. The highest BCUT2D eigenvalue weighted by molar-refractivity contribution is 9.09. The van der Waals surface area contributed by atoms with Crippen molar-refractivity contribution >= 4 is 15.9 Å². The van der Waals surface area contributed by atoms with Crippen molar-refractivity contribution in [3.05, 3.63) is 0 Å². The Morgan fingerprint density at radius 1 is 1.40 bits per heavy atom. The van der Waals surface area contributed by atoms with Crippen molar-refractivity contribution in [3.63, 3.8) is 0 Å². The molecule has 0 aromatic heterocycles. The van der Waals surface area contributed by atoms with Crippen LogP contribution >= 0.6 is 15.9 Å². The lowest BCUT2D eigenvalue weighted by atomic mass is 10.1. The van der Waals surface area contributed by atoms with Gasteiger partial charge in [0, 0.05) is 4.83 Å². The van der Waals surface area contributed by atoms with E-state index in [1.807, 2.05) is 6.92 Å². The summed E-state index contributed by atoms with van der Waals surface area (Å²) >= 11 is 3.29. The summed E-state index contributed by atoms with van der Waals surface area (Å²) in [6.45, 7) is 3.64. The van der Waals surface area contributed by atoms with Crippen molar-refractivity contribution in [1.82, 2.24) is 0 Å². The Labute approximate surface area is 70.4 Å². The van der Waals surface area contributed by atoms with Crippen LogP contribution in [0.5, 0.6) is 0 Å². The highest BCUT2D eigenvalue weighted by atomic mass is 79.9. The summed E-state index contributed by atoms with van der Waals surface area (Å²) in [6, 6.07) is 0. The molecule has 3 heteroatoms. The molecule has 0 saturated heterocycles. The van der Waals surface area contributed by atoms with Crippen LogP contribution in [0.2, 0.25) is 0 Å². The largest absolute Gasteiger partial charge is 0.391 e. The van der Waals surface area contributed by atoms with Crippen molar-refractivity contribution in [2.24, 2.45) is 0 Å². The van der Waals surface area contributed by atoms with Gasteiger partial charge in [0.2, 0.25) is 0 Å². The van der Waals surface area contributed by atoms with E-state index in [0.29, 0.717) is 0 Å². The van der Waals surface area contributed by atoms with Crippen LogP contribution in [0.4, 0.5) is 0 Å². The molecule has 0 bridgehead atoms. The Morgan fingerprint density at radius 3 is 2.20 bits per heavy atom. The van der Waals surface area contributed by atoms with E-state index in [0.717, 1.165) is 12.8 Å². The fourth-order valence-corrected chi connectivity index (χ4v) is 1.65. The molecule has 0 heterocycles. The van der Waals surface area contributed by atoms with E-state index in [2.05, 4.69) is 15.9 Å². The van der Waals surface area contributed by atoms with Crippen LogP contribution in [0, 0.1) is 0 Å². The molecule has 0 saturated carbocycles. The Balaban J connectivity index is 3.58. The van der Waals surface area contributed by atoms with Crippen molar-refractivity contribution in [2.75, 3.05) is 0 Å². The minimum absolute atomic E-state index is 0.0255. The van der Waals surface area contributed by atoms with Crippen LogP contribution in [0.1, 0.15) is 26.7 Å². The van der Waals surface area contributed by atoms with Crippen molar-refractivity contribution in [1.29, 1.82) is 0 Å². The van der Waals surface area contributed by atoms with Crippen LogP contribution < -0.4 is 0 Å². The molecule has 0 fully saturated rings. The van der Waals surface area contributed by atoms with Crippen LogP contribution in [-0.2, 0) is 0 Å². The predicted octanol–water partition coefficient (Wildman–Crippen LogP) is 1.29. The third-order valence-electron chi connectivity index (χ3n) is 1.43. The van der Waals surface area contributed by atoms with E-state index in [1.165, 1.54) is 0 Å². The molecule has 3 atom stereocenters. The van der Waals surface area contributed by atoms with Gasteiger partial charge >= 0.3 is 0 Å². The van der Waals surface area contributed by atoms with Gasteiger partial charge in [-0.25, -0.2) is 0 Å².